The predicted molar refractivity (Wildman–Crippen MR) is 57.0 cm³/mol. The van der Waals surface area contributed by atoms with Crippen LogP contribution in [0.3, 0.4) is 0 Å². The van der Waals surface area contributed by atoms with Gasteiger partial charge in [0.2, 0.25) is 5.88 Å². The van der Waals surface area contributed by atoms with E-state index in [1.165, 1.54) is 0 Å². The van der Waals surface area contributed by atoms with Gasteiger partial charge in [-0.1, -0.05) is 13.8 Å². The third-order valence-electron chi connectivity index (χ3n) is 1.84. The van der Waals surface area contributed by atoms with Crippen molar-refractivity contribution < 1.29 is 13.5 Å². The maximum Gasteiger partial charge on any atom is 0.278 e. The Bertz CT molecular complexity index is 361. The van der Waals surface area contributed by atoms with Gasteiger partial charge in [0.25, 0.3) is 5.92 Å². The van der Waals surface area contributed by atoms with E-state index in [4.69, 9.17) is 4.74 Å². The van der Waals surface area contributed by atoms with Crippen molar-refractivity contribution in [3.63, 3.8) is 0 Å². The van der Waals surface area contributed by atoms with Crippen LogP contribution in [0, 0.1) is 6.92 Å². The molecule has 1 heterocycles. The molecular formula is C11H16F2N2O. The lowest BCUT2D eigenvalue weighted by Gasteiger charge is -2.13. The lowest BCUT2D eigenvalue weighted by atomic mass is 10.2. The first kappa shape index (κ1) is 12.8. The highest BCUT2D eigenvalue weighted by Crippen LogP contribution is 2.18. The molecule has 0 unspecified atom stereocenters. The first-order valence-corrected chi connectivity index (χ1v) is 5.14. The van der Waals surface area contributed by atoms with Gasteiger partial charge in [-0.05, 0) is 6.92 Å². The van der Waals surface area contributed by atoms with Crippen LogP contribution in [0.15, 0.2) is 6.07 Å². The zero-order valence-corrected chi connectivity index (χ0v) is 9.92. The van der Waals surface area contributed by atoms with E-state index >= 15 is 0 Å². The Morgan fingerprint density at radius 3 is 2.50 bits per heavy atom. The summed E-state index contributed by atoms with van der Waals surface area (Å²) in [5.41, 5.74) is 0.716. The van der Waals surface area contributed by atoms with Gasteiger partial charge in [0.15, 0.2) is 6.61 Å². The number of ether oxygens (including phenoxy) is 1. The molecule has 1 aromatic rings. The highest BCUT2D eigenvalue weighted by molar-refractivity contribution is 5.16. The van der Waals surface area contributed by atoms with Crippen molar-refractivity contribution in [1.29, 1.82) is 0 Å². The van der Waals surface area contributed by atoms with Crippen LogP contribution in [0.25, 0.3) is 0 Å². The molecule has 0 aliphatic heterocycles. The summed E-state index contributed by atoms with van der Waals surface area (Å²) >= 11 is 0. The van der Waals surface area contributed by atoms with E-state index in [-0.39, 0.29) is 11.8 Å². The van der Waals surface area contributed by atoms with Gasteiger partial charge in [-0.2, -0.15) is 4.98 Å². The Balaban J connectivity index is 2.81. The molecule has 0 aliphatic rings. The van der Waals surface area contributed by atoms with Crippen molar-refractivity contribution in [2.24, 2.45) is 0 Å². The lowest BCUT2D eigenvalue weighted by molar-refractivity contribution is -0.0243. The number of hydrogen-bond donors (Lipinski definition) is 0. The molecule has 16 heavy (non-hydrogen) atoms. The molecule has 0 amide bonds. The number of nitrogens with zero attached hydrogens (tertiary/aromatic N) is 2. The van der Waals surface area contributed by atoms with Gasteiger partial charge in [-0.3, -0.25) is 0 Å². The second-order valence-electron chi connectivity index (χ2n) is 4.22. The van der Waals surface area contributed by atoms with Gasteiger partial charge in [0, 0.05) is 24.6 Å². The van der Waals surface area contributed by atoms with E-state index in [1.807, 2.05) is 13.8 Å². The van der Waals surface area contributed by atoms with Crippen molar-refractivity contribution in [2.75, 3.05) is 6.61 Å². The summed E-state index contributed by atoms with van der Waals surface area (Å²) in [4.78, 5) is 8.27. The largest absolute Gasteiger partial charge is 0.471 e. The second-order valence-corrected chi connectivity index (χ2v) is 4.22. The molecule has 1 rings (SSSR count). The van der Waals surface area contributed by atoms with Crippen molar-refractivity contribution >= 4 is 0 Å². The van der Waals surface area contributed by atoms with Gasteiger partial charge in [0.1, 0.15) is 5.82 Å². The normalized spacial score (nSPS) is 11.9. The fraction of sp³-hybridized carbons (Fsp3) is 0.636. The highest BCUT2D eigenvalue weighted by Gasteiger charge is 2.22. The second kappa shape index (κ2) is 4.72. The van der Waals surface area contributed by atoms with Crippen LogP contribution in [0.1, 0.15) is 38.2 Å². The van der Waals surface area contributed by atoms with Crippen LogP contribution in [0.4, 0.5) is 8.78 Å². The van der Waals surface area contributed by atoms with E-state index in [9.17, 15) is 8.78 Å². The topological polar surface area (TPSA) is 35.0 Å². The molecule has 0 aromatic carbocycles. The van der Waals surface area contributed by atoms with E-state index < -0.39 is 12.5 Å². The van der Waals surface area contributed by atoms with Crippen LogP contribution in [-0.2, 0) is 0 Å². The summed E-state index contributed by atoms with van der Waals surface area (Å²) < 4.78 is 30.1. The molecule has 0 saturated carbocycles. The number of alkyl halides is 2. The van der Waals surface area contributed by atoms with Crippen molar-refractivity contribution in [3.8, 4) is 5.88 Å². The third kappa shape index (κ3) is 4.08. The molecule has 0 radical (unpaired) electrons. The fourth-order valence-corrected chi connectivity index (χ4v) is 1.09. The van der Waals surface area contributed by atoms with Crippen molar-refractivity contribution in [1.82, 2.24) is 9.97 Å². The SMILES string of the molecule is Cc1cc(OCC(C)(F)F)nc(C(C)C)n1. The lowest BCUT2D eigenvalue weighted by Crippen LogP contribution is -2.21. The number of aryl methyl sites for hydroxylation is 1. The predicted octanol–water partition coefficient (Wildman–Crippen LogP) is 2.94. The van der Waals surface area contributed by atoms with Gasteiger partial charge < -0.3 is 4.74 Å². The number of rotatable bonds is 4. The Morgan fingerprint density at radius 1 is 1.38 bits per heavy atom. The van der Waals surface area contributed by atoms with Crippen LogP contribution in [0.2, 0.25) is 0 Å². The van der Waals surface area contributed by atoms with Crippen LogP contribution in [-0.4, -0.2) is 22.5 Å². The molecule has 0 saturated heterocycles. The quantitative estimate of drug-likeness (QED) is 0.797. The Labute approximate surface area is 93.9 Å². The van der Waals surface area contributed by atoms with E-state index in [2.05, 4.69) is 9.97 Å². The summed E-state index contributed by atoms with van der Waals surface area (Å²) in [6.45, 7) is 5.80. The Morgan fingerprint density at radius 2 is 2.00 bits per heavy atom. The third-order valence-corrected chi connectivity index (χ3v) is 1.84. The zero-order chi connectivity index (χ0) is 12.3. The van der Waals surface area contributed by atoms with Gasteiger partial charge in [0.05, 0.1) is 0 Å². The summed E-state index contributed by atoms with van der Waals surface area (Å²) in [6.07, 6.45) is 0. The fourth-order valence-electron chi connectivity index (χ4n) is 1.09. The van der Waals surface area contributed by atoms with Gasteiger partial charge in [-0.15, -0.1) is 0 Å². The summed E-state index contributed by atoms with van der Waals surface area (Å²) in [7, 11) is 0. The molecule has 0 fully saturated rings. The summed E-state index contributed by atoms with van der Waals surface area (Å²) in [6, 6.07) is 1.55. The monoisotopic (exact) mass is 230 g/mol. The zero-order valence-electron chi connectivity index (χ0n) is 9.92. The molecule has 0 aliphatic carbocycles. The van der Waals surface area contributed by atoms with Crippen LogP contribution < -0.4 is 4.74 Å². The first-order valence-electron chi connectivity index (χ1n) is 5.14. The number of halogens is 2. The van der Waals surface area contributed by atoms with E-state index in [0.717, 1.165) is 6.92 Å². The molecule has 0 atom stereocenters. The van der Waals surface area contributed by atoms with Crippen LogP contribution in [0.5, 0.6) is 5.88 Å². The van der Waals surface area contributed by atoms with Gasteiger partial charge in [-0.25, -0.2) is 13.8 Å². The molecule has 90 valence electrons. The van der Waals surface area contributed by atoms with Crippen molar-refractivity contribution in [2.45, 2.75) is 39.5 Å². The number of hydrogen-bond acceptors (Lipinski definition) is 3. The highest BCUT2D eigenvalue weighted by atomic mass is 19.3. The molecule has 0 N–H and O–H groups in total. The average molecular weight is 230 g/mol. The van der Waals surface area contributed by atoms with Gasteiger partial charge >= 0.3 is 0 Å². The molecular weight excluding hydrogens is 214 g/mol. The average Bonchev–Trinajstić information content (AvgIpc) is 2.13. The molecule has 1 aromatic heterocycles. The first-order chi connectivity index (χ1) is 7.28. The molecule has 0 bridgehead atoms. The summed E-state index contributed by atoms with van der Waals surface area (Å²) in [5, 5.41) is 0. The van der Waals surface area contributed by atoms with Crippen molar-refractivity contribution in [3.05, 3.63) is 17.6 Å². The number of aromatic nitrogens is 2. The minimum Gasteiger partial charge on any atom is -0.471 e. The van der Waals surface area contributed by atoms with E-state index in [1.54, 1.807) is 13.0 Å². The Hall–Kier alpha value is -1.26. The molecule has 5 heteroatoms. The van der Waals surface area contributed by atoms with Crippen LogP contribution >= 0.6 is 0 Å². The minimum atomic E-state index is -2.85. The standard InChI is InChI=1S/C11H16F2N2O/c1-7(2)10-14-8(3)5-9(15-10)16-6-11(4,12)13/h5,7H,6H2,1-4H3. The maximum absolute atomic E-state index is 12.6. The smallest absolute Gasteiger partial charge is 0.278 e. The van der Waals surface area contributed by atoms with E-state index in [0.29, 0.717) is 11.5 Å². The maximum atomic E-state index is 12.6. The Kier molecular flexibility index (Phi) is 3.78. The molecule has 0 spiro atoms. The minimum absolute atomic E-state index is 0.143. The summed E-state index contributed by atoms with van der Waals surface area (Å²) in [5.74, 6) is -1.90. The molecule has 3 nitrogen and oxygen atoms in total.